The van der Waals surface area contributed by atoms with Gasteiger partial charge >= 0.3 is 0 Å². The molecule has 0 aromatic heterocycles. The molecule has 0 fully saturated rings. The minimum Gasteiger partial charge on any atom is -0.352 e. The highest BCUT2D eigenvalue weighted by Gasteiger charge is 2.14. The number of hydrogen-bond acceptors (Lipinski definition) is 4. The monoisotopic (exact) mass is 379 g/mol. The molecule has 0 heterocycles. The van der Waals surface area contributed by atoms with Gasteiger partial charge in [-0.25, -0.2) is 17.5 Å². The summed E-state index contributed by atoms with van der Waals surface area (Å²) in [6, 6.07) is 12.1. The minimum atomic E-state index is -3.74. The number of amides is 1. The molecule has 0 aliphatic carbocycles. The second-order valence-corrected chi connectivity index (χ2v) is 7.50. The Hall–Kier alpha value is -2.29. The SMILES string of the molecule is CNCCC(=O)NCc1cccc(S(=O)(=O)NCc2cccc(F)c2)c1. The molecule has 0 aliphatic rings. The summed E-state index contributed by atoms with van der Waals surface area (Å²) < 4.78 is 40.5. The zero-order valence-corrected chi connectivity index (χ0v) is 15.3. The topological polar surface area (TPSA) is 87.3 Å². The van der Waals surface area contributed by atoms with Crippen molar-refractivity contribution in [3.8, 4) is 0 Å². The van der Waals surface area contributed by atoms with Crippen LogP contribution in [0.15, 0.2) is 53.4 Å². The van der Waals surface area contributed by atoms with Gasteiger partial charge < -0.3 is 10.6 Å². The molecule has 1 amide bonds. The normalized spacial score (nSPS) is 11.3. The Morgan fingerprint density at radius 2 is 1.73 bits per heavy atom. The van der Waals surface area contributed by atoms with Crippen molar-refractivity contribution in [2.75, 3.05) is 13.6 Å². The number of halogens is 1. The van der Waals surface area contributed by atoms with Crippen LogP contribution >= 0.6 is 0 Å². The van der Waals surface area contributed by atoms with E-state index in [0.717, 1.165) is 0 Å². The summed E-state index contributed by atoms with van der Waals surface area (Å²) in [6.45, 7) is 0.811. The Morgan fingerprint density at radius 1 is 1.04 bits per heavy atom. The van der Waals surface area contributed by atoms with Gasteiger partial charge in [0.1, 0.15) is 5.82 Å². The second kappa shape index (κ2) is 9.42. The van der Waals surface area contributed by atoms with E-state index < -0.39 is 15.8 Å². The molecule has 0 unspecified atom stereocenters. The largest absolute Gasteiger partial charge is 0.352 e. The van der Waals surface area contributed by atoms with Crippen LogP contribution in [0.2, 0.25) is 0 Å². The molecule has 0 aliphatic heterocycles. The summed E-state index contributed by atoms with van der Waals surface area (Å²) in [6.07, 6.45) is 0.351. The summed E-state index contributed by atoms with van der Waals surface area (Å²) in [4.78, 5) is 11.7. The molecule has 3 N–H and O–H groups in total. The number of benzene rings is 2. The van der Waals surface area contributed by atoms with Gasteiger partial charge in [0.05, 0.1) is 4.90 Å². The number of rotatable bonds is 9. The number of sulfonamides is 1. The van der Waals surface area contributed by atoms with Gasteiger partial charge in [-0.3, -0.25) is 4.79 Å². The molecule has 26 heavy (non-hydrogen) atoms. The van der Waals surface area contributed by atoms with Gasteiger partial charge in [0, 0.05) is 26.1 Å². The van der Waals surface area contributed by atoms with Crippen LogP contribution in [0.4, 0.5) is 4.39 Å². The fraction of sp³-hybridized carbons (Fsp3) is 0.278. The lowest BCUT2D eigenvalue weighted by atomic mass is 10.2. The van der Waals surface area contributed by atoms with E-state index in [4.69, 9.17) is 0 Å². The van der Waals surface area contributed by atoms with E-state index in [1.807, 2.05) is 0 Å². The Morgan fingerprint density at radius 3 is 2.42 bits per heavy atom. The van der Waals surface area contributed by atoms with Crippen LogP contribution in [-0.2, 0) is 27.9 Å². The highest BCUT2D eigenvalue weighted by atomic mass is 32.2. The van der Waals surface area contributed by atoms with E-state index in [2.05, 4.69) is 15.4 Å². The molecule has 0 saturated heterocycles. The van der Waals surface area contributed by atoms with Gasteiger partial charge in [-0.2, -0.15) is 0 Å². The molecule has 2 rings (SSSR count). The van der Waals surface area contributed by atoms with E-state index in [9.17, 15) is 17.6 Å². The van der Waals surface area contributed by atoms with Crippen LogP contribution in [0.3, 0.4) is 0 Å². The maximum Gasteiger partial charge on any atom is 0.240 e. The van der Waals surface area contributed by atoms with Gasteiger partial charge in [0.2, 0.25) is 15.9 Å². The van der Waals surface area contributed by atoms with Gasteiger partial charge in [-0.15, -0.1) is 0 Å². The predicted octanol–water partition coefficient (Wildman–Crippen LogP) is 1.53. The molecule has 140 valence electrons. The number of hydrogen-bond donors (Lipinski definition) is 3. The Balaban J connectivity index is 1.99. The first-order valence-electron chi connectivity index (χ1n) is 8.15. The van der Waals surface area contributed by atoms with Crippen LogP contribution in [-0.4, -0.2) is 27.9 Å². The average molecular weight is 379 g/mol. The second-order valence-electron chi connectivity index (χ2n) is 5.73. The lowest BCUT2D eigenvalue weighted by Gasteiger charge is -2.10. The van der Waals surface area contributed by atoms with E-state index in [0.29, 0.717) is 24.1 Å². The maximum atomic E-state index is 13.2. The lowest BCUT2D eigenvalue weighted by molar-refractivity contribution is -0.121. The van der Waals surface area contributed by atoms with Crippen molar-refractivity contribution in [3.05, 3.63) is 65.5 Å². The Labute approximate surface area is 152 Å². The van der Waals surface area contributed by atoms with Crippen molar-refractivity contribution in [2.24, 2.45) is 0 Å². The van der Waals surface area contributed by atoms with Crippen LogP contribution < -0.4 is 15.4 Å². The van der Waals surface area contributed by atoms with Crippen molar-refractivity contribution >= 4 is 15.9 Å². The molecular formula is C18H22FN3O3S. The first-order valence-corrected chi connectivity index (χ1v) is 9.63. The molecule has 2 aromatic carbocycles. The summed E-state index contributed by atoms with van der Waals surface area (Å²) in [5.74, 6) is -0.533. The summed E-state index contributed by atoms with van der Waals surface area (Å²) in [5.41, 5.74) is 1.21. The van der Waals surface area contributed by atoms with Crippen molar-refractivity contribution in [3.63, 3.8) is 0 Å². The molecule has 6 nitrogen and oxygen atoms in total. The van der Waals surface area contributed by atoms with Crippen molar-refractivity contribution < 1.29 is 17.6 Å². The van der Waals surface area contributed by atoms with Crippen LogP contribution in [0, 0.1) is 5.82 Å². The highest BCUT2D eigenvalue weighted by molar-refractivity contribution is 7.89. The summed E-state index contributed by atoms with van der Waals surface area (Å²) >= 11 is 0. The zero-order valence-electron chi connectivity index (χ0n) is 14.5. The number of carbonyl (C=O) groups is 1. The predicted molar refractivity (Wildman–Crippen MR) is 97.3 cm³/mol. The molecule has 0 saturated carbocycles. The molecule has 2 aromatic rings. The zero-order chi connectivity index (χ0) is 19.0. The molecule has 8 heteroatoms. The quantitative estimate of drug-likeness (QED) is 0.617. The minimum absolute atomic E-state index is 0.00885. The van der Waals surface area contributed by atoms with Crippen molar-refractivity contribution in [1.29, 1.82) is 0 Å². The molecular weight excluding hydrogens is 357 g/mol. The smallest absolute Gasteiger partial charge is 0.240 e. The van der Waals surface area contributed by atoms with Crippen LogP contribution in [0.1, 0.15) is 17.5 Å². The molecule has 0 bridgehead atoms. The number of carbonyl (C=O) groups excluding carboxylic acids is 1. The van der Waals surface area contributed by atoms with Gasteiger partial charge in [0.15, 0.2) is 0 Å². The molecule has 0 spiro atoms. The Bertz CT molecular complexity index is 856. The fourth-order valence-corrected chi connectivity index (χ4v) is 3.35. The average Bonchev–Trinajstić information content (AvgIpc) is 2.63. The number of nitrogens with one attached hydrogen (secondary N) is 3. The maximum absolute atomic E-state index is 13.2. The standard InChI is InChI=1S/C18H22FN3O3S/c1-20-9-8-18(23)21-12-15-5-3-7-17(11-15)26(24,25)22-13-14-4-2-6-16(19)10-14/h2-7,10-11,20,22H,8-9,12-13H2,1H3,(H,21,23). The molecule has 0 radical (unpaired) electrons. The van der Waals surface area contributed by atoms with Gasteiger partial charge in [-0.1, -0.05) is 24.3 Å². The third kappa shape index (κ3) is 6.21. The molecule has 0 atom stereocenters. The first-order chi connectivity index (χ1) is 12.4. The summed E-state index contributed by atoms with van der Waals surface area (Å²) in [5, 5.41) is 5.63. The van der Waals surface area contributed by atoms with Crippen molar-refractivity contribution in [2.45, 2.75) is 24.4 Å². The Kier molecular flexibility index (Phi) is 7.26. The lowest BCUT2D eigenvalue weighted by Crippen LogP contribution is -2.26. The third-order valence-electron chi connectivity index (χ3n) is 3.66. The van der Waals surface area contributed by atoms with E-state index in [1.165, 1.54) is 30.3 Å². The van der Waals surface area contributed by atoms with E-state index in [1.54, 1.807) is 25.2 Å². The van der Waals surface area contributed by atoms with Gasteiger partial charge in [0.25, 0.3) is 0 Å². The van der Waals surface area contributed by atoms with Crippen molar-refractivity contribution in [1.82, 2.24) is 15.4 Å². The van der Waals surface area contributed by atoms with E-state index in [-0.39, 0.29) is 23.9 Å². The van der Waals surface area contributed by atoms with E-state index >= 15 is 0 Å². The fourth-order valence-electron chi connectivity index (χ4n) is 2.26. The van der Waals surface area contributed by atoms with Crippen LogP contribution in [0.5, 0.6) is 0 Å². The van der Waals surface area contributed by atoms with Crippen LogP contribution in [0.25, 0.3) is 0 Å². The highest BCUT2D eigenvalue weighted by Crippen LogP contribution is 2.13. The summed E-state index contributed by atoms with van der Waals surface area (Å²) in [7, 11) is -1.98. The van der Waals surface area contributed by atoms with Gasteiger partial charge in [-0.05, 0) is 42.4 Å². The third-order valence-corrected chi connectivity index (χ3v) is 5.05. The first kappa shape index (κ1) is 20.0.